The molecule has 2 N–H and O–H groups in total. The minimum atomic E-state index is -0.349. The van der Waals surface area contributed by atoms with Crippen molar-refractivity contribution in [3.63, 3.8) is 0 Å². The molecule has 0 radical (unpaired) electrons. The molecule has 3 rings (SSSR count). The van der Waals surface area contributed by atoms with Crippen LogP contribution in [-0.2, 0) is 4.74 Å². The number of aromatic nitrogens is 1. The number of ether oxygens (including phenoxy) is 2. The van der Waals surface area contributed by atoms with Crippen molar-refractivity contribution in [3.05, 3.63) is 53.6 Å². The van der Waals surface area contributed by atoms with Crippen molar-refractivity contribution in [1.29, 1.82) is 0 Å². The topological polar surface area (TPSA) is 89.5 Å². The molecule has 174 valence electrons. The maximum Gasteiger partial charge on any atom is 0.338 e. The van der Waals surface area contributed by atoms with E-state index in [0.717, 1.165) is 41.6 Å². The van der Waals surface area contributed by atoms with Crippen LogP contribution in [0.25, 0.3) is 10.2 Å². The number of fused-ring (bicyclic) bond motifs is 1. The molecule has 0 unspecified atom stereocenters. The molecule has 0 aliphatic heterocycles. The van der Waals surface area contributed by atoms with E-state index in [1.807, 2.05) is 6.92 Å². The molecule has 0 saturated heterocycles. The quantitative estimate of drug-likeness (QED) is 0.221. The van der Waals surface area contributed by atoms with Crippen LogP contribution in [-0.4, -0.2) is 35.2 Å². The second-order valence-corrected chi connectivity index (χ2v) is 8.76. The van der Waals surface area contributed by atoms with E-state index in [1.54, 1.807) is 42.5 Å². The van der Waals surface area contributed by atoms with Crippen molar-refractivity contribution in [3.8, 4) is 5.75 Å². The largest absolute Gasteiger partial charge is 0.494 e. The number of rotatable bonds is 10. The molecule has 1 amide bonds. The Hall–Kier alpha value is -3.04. The molecule has 0 atom stereocenters. The fourth-order valence-electron chi connectivity index (χ4n) is 2.84. The Bertz CT molecular complexity index is 1110. The third kappa shape index (κ3) is 7.23. The van der Waals surface area contributed by atoms with Crippen LogP contribution in [0.15, 0.2) is 42.5 Å². The van der Waals surface area contributed by atoms with Crippen molar-refractivity contribution < 1.29 is 19.1 Å². The Morgan fingerprint density at radius 1 is 1.00 bits per heavy atom. The smallest absolute Gasteiger partial charge is 0.338 e. The maximum absolute atomic E-state index is 12.5. The van der Waals surface area contributed by atoms with Crippen molar-refractivity contribution in [1.82, 2.24) is 10.3 Å². The van der Waals surface area contributed by atoms with Gasteiger partial charge in [-0.25, -0.2) is 9.78 Å². The number of carbonyl (C=O) groups is 2. The molecule has 2 aromatic carbocycles. The summed E-state index contributed by atoms with van der Waals surface area (Å²) in [5.74, 6) is 0.0486. The molecule has 3 aromatic rings. The number of thiazole rings is 1. The zero-order chi connectivity index (χ0) is 23.6. The van der Waals surface area contributed by atoms with Gasteiger partial charge in [-0.1, -0.05) is 38.0 Å². The predicted molar refractivity (Wildman–Crippen MR) is 135 cm³/mol. The van der Waals surface area contributed by atoms with Crippen LogP contribution in [0.3, 0.4) is 0 Å². The van der Waals surface area contributed by atoms with E-state index in [1.165, 1.54) is 11.3 Å². The van der Waals surface area contributed by atoms with Gasteiger partial charge in [0.15, 0.2) is 10.2 Å². The summed E-state index contributed by atoms with van der Waals surface area (Å²) in [6.07, 6.45) is 3.85. The van der Waals surface area contributed by atoms with Gasteiger partial charge in [-0.05, 0) is 67.5 Å². The molecule has 0 spiro atoms. The van der Waals surface area contributed by atoms with E-state index >= 15 is 0 Å². The Morgan fingerprint density at radius 2 is 1.70 bits per heavy atom. The van der Waals surface area contributed by atoms with E-state index in [-0.39, 0.29) is 17.0 Å². The number of nitrogens with zero attached hydrogens (tertiary/aromatic N) is 1. The first-order chi connectivity index (χ1) is 16.0. The van der Waals surface area contributed by atoms with E-state index in [2.05, 4.69) is 22.5 Å². The standard InChI is InChI=1S/C24H27N3O4S2/c1-3-5-13-30-18-10-7-16(8-11-18)21(28)26-23(32)27-24-25-19-12-9-17(15-20(19)33-24)22(29)31-14-6-4-2/h7-12,15H,3-6,13-14H2,1-2H3,(H2,25,26,27,28,32). The summed E-state index contributed by atoms with van der Waals surface area (Å²) in [5, 5.41) is 6.25. The number of amides is 1. The molecule has 0 bridgehead atoms. The van der Waals surface area contributed by atoms with Crippen LogP contribution in [0.2, 0.25) is 0 Å². The maximum atomic E-state index is 12.5. The van der Waals surface area contributed by atoms with Crippen LogP contribution >= 0.6 is 23.6 Å². The first kappa shape index (κ1) is 24.6. The minimum absolute atomic E-state index is 0.140. The number of hydrogen-bond acceptors (Lipinski definition) is 7. The molecule has 0 aliphatic rings. The predicted octanol–water partition coefficient (Wildman–Crippen LogP) is 5.56. The third-order valence-corrected chi connectivity index (χ3v) is 5.82. The summed E-state index contributed by atoms with van der Waals surface area (Å²) in [7, 11) is 0. The van der Waals surface area contributed by atoms with Crippen molar-refractivity contribution in [2.45, 2.75) is 39.5 Å². The SMILES string of the molecule is CCCCOC(=O)c1ccc2nc(NC(=S)NC(=O)c3ccc(OCCCC)cc3)sc2c1. The Kier molecular flexibility index (Phi) is 9.14. The van der Waals surface area contributed by atoms with Crippen molar-refractivity contribution >= 4 is 55.9 Å². The highest BCUT2D eigenvalue weighted by molar-refractivity contribution is 7.80. The molecule has 1 heterocycles. The molecule has 1 aromatic heterocycles. The zero-order valence-corrected chi connectivity index (χ0v) is 20.3. The molecule has 7 nitrogen and oxygen atoms in total. The average Bonchev–Trinajstić information content (AvgIpc) is 3.21. The highest BCUT2D eigenvalue weighted by Gasteiger charge is 2.13. The van der Waals surface area contributed by atoms with Crippen molar-refractivity contribution in [2.75, 3.05) is 18.5 Å². The monoisotopic (exact) mass is 485 g/mol. The van der Waals surface area contributed by atoms with Gasteiger partial charge in [0.1, 0.15) is 5.75 Å². The van der Waals surface area contributed by atoms with Gasteiger partial charge in [0.25, 0.3) is 5.91 Å². The summed E-state index contributed by atoms with van der Waals surface area (Å²) >= 11 is 6.60. The lowest BCUT2D eigenvalue weighted by Gasteiger charge is -2.08. The van der Waals surface area contributed by atoms with E-state index in [0.29, 0.717) is 29.5 Å². The number of benzene rings is 2. The van der Waals surface area contributed by atoms with Gasteiger partial charge in [-0.3, -0.25) is 10.1 Å². The van der Waals surface area contributed by atoms with Crippen LogP contribution < -0.4 is 15.4 Å². The fraction of sp³-hybridized carbons (Fsp3) is 0.333. The summed E-state index contributed by atoms with van der Waals surface area (Å²) in [6, 6.07) is 12.1. The van der Waals surface area contributed by atoms with E-state index in [9.17, 15) is 9.59 Å². The summed E-state index contributed by atoms with van der Waals surface area (Å²) in [4.78, 5) is 29.1. The van der Waals surface area contributed by atoms with Crippen molar-refractivity contribution in [2.24, 2.45) is 0 Å². The van der Waals surface area contributed by atoms with Crippen LogP contribution in [0.5, 0.6) is 5.75 Å². The number of carbonyl (C=O) groups excluding carboxylic acids is 2. The Labute approximate surface area is 202 Å². The molecule has 0 aliphatic carbocycles. The highest BCUT2D eigenvalue weighted by Crippen LogP contribution is 2.27. The number of nitrogens with one attached hydrogen (secondary N) is 2. The van der Waals surface area contributed by atoms with Crippen LogP contribution in [0.4, 0.5) is 5.13 Å². The first-order valence-corrected chi connectivity index (χ1v) is 12.2. The van der Waals surface area contributed by atoms with Gasteiger partial charge in [-0.15, -0.1) is 0 Å². The van der Waals surface area contributed by atoms with Gasteiger partial charge in [0.05, 0.1) is 29.0 Å². The summed E-state index contributed by atoms with van der Waals surface area (Å²) in [5.41, 5.74) is 1.67. The van der Waals surface area contributed by atoms with Gasteiger partial charge in [-0.2, -0.15) is 0 Å². The second-order valence-electron chi connectivity index (χ2n) is 7.33. The van der Waals surface area contributed by atoms with Gasteiger partial charge < -0.3 is 14.8 Å². The fourth-order valence-corrected chi connectivity index (χ4v) is 4.00. The minimum Gasteiger partial charge on any atom is -0.494 e. The van der Waals surface area contributed by atoms with Gasteiger partial charge in [0.2, 0.25) is 0 Å². The lowest BCUT2D eigenvalue weighted by molar-refractivity contribution is 0.0500. The molecule has 9 heteroatoms. The third-order valence-electron chi connectivity index (χ3n) is 4.69. The summed E-state index contributed by atoms with van der Waals surface area (Å²) in [6.45, 7) is 5.20. The normalized spacial score (nSPS) is 10.6. The zero-order valence-electron chi connectivity index (χ0n) is 18.7. The Balaban J connectivity index is 1.56. The number of hydrogen-bond donors (Lipinski definition) is 2. The number of anilines is 1. The molecule has 0 saturated carbocycles. The van der Waals surface area contributed by atoms with Gasteiger partial charge >= 0.3 is 5.97 Å². The molecule has 0 fully saturated rings. The average molecular weight is 486 g/mol. The number of esters is 1. The van der Waals surface area contributed by atoms with E-state index < -0.39 is 0 Å². The Morgan fingerprint density at radius 3 is 2.42 bits per heavy atom. The number of unbranched alkanes of at least 4 members (excludes halogenated alkanes) is 2. The van der Waals surface area contributed by atoms with Crippen LogP contribution in [0, 0.1) is 0 Å². The molecular weight excluding hydrogens is 458 g/mol. The lowest BCUT2D eigenvalue weighted by atomic mass is 10.2. The van der Waals surface area contributed by atoms with E-state index in [4.69, 9.17) is 21.7 Å². The highest BCUT2D eigenvalue weighted by atomic mass is 32.1. The number of thiocarbonyl (C=S) groups is 1. The lowest BCUT2D eigenvalue weighted by Crippen LogP contribution is -2.34. The summed E-state index contributed by atoms with van der Waals surface area (Å²) < 4.78 is 11.7. The van der Waals surface area contributed by atoms with Crippen LogP contribution in [0.1, 0.15) is 60.2 Å². The molecule has 33 heavy (non-hydrogen) atoms. The second kappa shape index (κ2) is 12.3. The molecular formula is C24H27N3O4S2. The first-order valence-electron chi connectivity index (χ1n) is 10.9. The van der Waals surface area contributed by atoms with Gasteiger partial charge in [0, 0.05) is 5.56 Å².